The lowest BCUT2D eigenvalue weighted by Crippen LogP contribution is -1.98. The first-order valence-electron chi connectivity index (χ1n) is 10.2. The number of aromatic nitrogens is 2. The molecule has 0 atom stereocenters. The Bertz CT molecular complexity index is 1410. The summed E-state index contributed by atoms with van der Waals surface area (Å²) in [7, 11) is 0. The number of non-ortho nitro benzene ring substituents is 1. The fourth-order valence-electron chi connectivity index (χ4n) is 3.27. The van der Waals surface area contributed by atoms with Crippen LogP contribution in [0.15, 0.2) is 66.7 Å². The van der Waals surface area contributed by atoms with Gasteiger partial charge in [0.05, 0.1) is 27.3 Å². The lowest BCUT2D eigenvalue weighted by Gasteiger charge is -2.07. The van der Waals surface area contributed by atoms with Gasteiger partial charge in [-0.25, -0.2) is 9.97 Å². The van der Waals surface area contributed by atoms with Gasteiger partial charge in [0.25, 0.3) is 5.69 Å². The number of fused-ring (bicyclic) bond motifs is 1. The summed E-state index contributed by atoms with van der Waals surface area (Å²) in [5, 5.41) is 32.5. The van der Waals surface area contributed by atoms with Crippen LogP contribution in [0.4, 0.5) is 5.69 Å². The van der Waals surface area contributed by atoms with Crippen molar-refractivity contribution in [1.29, 1.82) is 0 Å². The minimum Gasteiger partial charge on any atom is -0.507 e. The van der Waals surface area contributed by atoms with Crippen molar-refractivity contribution >= 4 is 40.4 Å². The summed E-state index contributed by atoms with van der Waals surface area (Å²) in [4.78, 5) is 19.7. The Labute approximate surface area is 190 Å². The summed E-state index contributed by atoms with van der Waals surface area (Å²) < 4.78 is 0. The molecule has 0 radical (unpaired) electrons. The molecule has 1 aromatic heterocycles. The van der Waals surface area contributed by atoms with Crippen molar-refractivity contribution in [3.05, 3.63) is 110 Å². The number of aliphatic hydroxyl groups excluding tert-OH is 2. The zero-order valence-corrected chi connectivity index (χ0v) is 18.1. The zero-order chi connectivity index (χ0) is 23.5. The van der Waals surface area contributed by atoms with Crippen molar-refractivity contribution in [2.45, 2.75) is 13.8 Å². The highest BCUT2D eigenvalue weighted by Crippen LogP contribution is 2.25. The lowest BCUT2D eigenvalue weighted by atomic mass is 10.1. The van der Waals surface area contributed by atoms with E-state index < -0.39 is 4.92 Å². The number of aryl methyl sites for hydroxylation is 2. The van der Waals surface area contributed by atoms with E-state index in [1.807, 2.05) is 38.1 Å². The fraction of sp³-hybridized carbons (Fsp3) is 0.0769. The molecule has 4 rings (SSSR count). The number of nitrogens with zero attached hydrogens (tertiary/aromatic N) is 3. The van der Waals surface area contributed by atoms with Crippen LogP contribution >= 0.6 is 0 Å². The van der Waals surface area contributed by atoms with Gasteiger partial charge in [0.15, 0.2) is 0 Å². The van der Waals surface area contributed by atoms with Crippen LogP contribution in [0.3, 0.4) is 0 Å². The maximum Gasteiger partial charge on any atom is 0.271 e. The molecule has 0 bridgehead atoms. The normalized spacial score (nSPS) is 12.2. The SMILES string of the molecule is Cc1ccc(C(O)=Cc2nc3ccc([N+](=O)[O-])cc3nc2C=C(O)c2ccc(C)cc2)cc1. The van der Waals surface area contributed by atoms with Crippen LogP contribution < -0.4 is 0 Å². The van der Waals surface area contributed by atoms with E-state index in [0.29, 0.717) is 27.9 Å². The molecule has 3 aromatic carbocycles. The molecule has 0 aliphatic heterocycles. The molecule has 164 valence electrons. The topological polar surface area (TPSA) is 109 Å². The van der Waals surface area contributed by atoms with Gasteiger partial charge in [-0.2, -0.15) is 0 Å². The second-order valence-electron chi connectivity index (χ2n) is 7.72. The number of hydrogen-bond donors (Lipinski definition) is 2. The van der Waals surface area contributed by atoms with E-state index in [-0.39, 0.29) is 22.9 Å². The molecule has 0 amide bonds. The van der Waals surface area contributed by atoms with Crippen LogP contribution in [0, 0.1) is 24.0 Å². The van der Waals surface area contributed by atoms with Crippen molar-refractivity contribution in [1.82, 2.24) is 9.97 Å². The van der Waals surface area contributed by atoms with Crippen molar-refractivity contribution in [3.63, 3.8) is 0 Å². The van der Waals surface area contributed by atoms with Crippen LogP contribution in [0.5, 0.6) is 0 Å². The Morgan fingerprint density at radius 1 is 0.758 bits per heavy atom. The molecule has 0 spiro atoms. The molecular formula is C26H21N3O4. The predicted octanol–water partition coefficient (Wildman–Crippen LogP) is 6.27. The first-order valence-corrected chi connectivity index (χ1v) is 10.2. The second-order valence-corrected chi connectivity index (χ2v) is 7.72. The summed E-state index contributed by atoms with van der Waals surface area (Å²) >= 11 is 0. The predicted molar refractivity (Wildman–Crippen MR) is 130 cm³/mol. The molecule has 33 heavy (non-hydrogen) atoms. The Balaban J connectivity index is 1.87. The third kappa shape index (κ3) is 4.88. The summed E-state index contributed by atoms with van der Waals surface area (Å²) in [5.74, 6) is -0.0615. The van der Waals surface area contributed by atoms with E-state index >= 15 is 0 Å². The third-order valence-electron chi connectivity index (χ3n) is 5.16. The van der Waals surface area contributed by atoms with Crippen molar-refractivity contribution < 1.29 is 15.1 Å². The molecule has 0 aliphatic carbocycles. The Morgan fingerprint density at radius 2 is 1.21 bits per heavy atom. The number of hydrogen-bond acceptors (Lipinski definition) is 6. The van der Waals surface area contributed by atoms with E-state index in [1.165, 1.54) is 30.4 Å². The van der Waals surface area contributed by atoms with Gasteiger partial charge in [0, 0.05) is 35.4 Å². The van der Waals surface area contributed by atoms with Crippen LogP contribution in [-0.2, 0) is 0 Å². The average Bonchev–Trinajstić information content (AvgIpc) is 2.79. The Hall–Kier alpha value is -4.52. The molecule has 1 heterocycles. The van der Waals surface area contributed by atoms with E-state index in [0.717, 1.165) is 11.1 Å². The first kappa shape index (κ1) is 21.7. The number of aliphatic hydroxyl groups is 2. The minimum absolute atomic E-state index is 0.0185. The highest BCUT2D eigenvalue weighted by atomic mass is 16.6. The number of nitro benzene ring substituents is 1. The van der Waals surface area contributed by atoms with Gasteiger partial charge in [-0.1, -0.05) is 59.7 Å². The largest absolute Gasteiger partial charge is 0.507 e. The summed E-state index contributed by atoms with van der Waals surface area (Å²) in [6.45, 7) is 3.90. The van der Waals surface area contributed by atoms with Crippen molar-refractivity contribution in [2.24, 2.45) is 0 Å². The standard InChI is InChI=1S/C26H21N3O4/c1-16-3-7-18(8-4-16)25(30)14-23-24(15-26(31)19-9-5-17(2)6-10-19)28-22-13-20(29(32)33)11-12-21(22)27-23/h3-15,30-31H,1-2H3. The number of benzene rings is 3. The molecule has 0 saturated heterocycles. The summed E-state index contributed by atoms with van der Waals surface area (Å²) in [6.07, 6.45) is 2.90. The lowest BCUT2D eigenvalue weighted by molar-refractivity contribution is -0.384. The molecule has 0 saturated carbocycles. The van der Waals surface area contributed by atoms with Gasteiger partial charge >= 0.3 is 0 Å². The number of rotatable bonds is 5. The van der Waals surface area contributed by atoms with Crippen LogP contribution in [0.25, 0.3) is 34.7 Å². The maximum absolute atomic E-state index is 11.2. The van der Waals surface area contributed by atoms with E-state index in [9.17, 15) is 20.3 Å². The van der Waals surface area contributed by atoms with E-state index in [1.54, 1.807) is 24.3 Å². The third-order valence-corrected chi connectivity index (χ3v) is 5.16. The summed E-state index contributed by atoms with van der Waals surface area (Å²) in [6, 6.07) is 18.8. The quantitative estimate of drug-likeness (QED) is 0.216. The Kier molecular flexibility index (Phi) is 5.87. The summed E-state index contributed by atoms with van der Waals surface area (Å²) in [5.41, 5.74) is 4.49. The van der Waals surface area contributed by atoms with E-state index in [4.69, 9.17) is 0 Å². The molecule has 7 heteroatoms. The molecule has 0 aliphatic rings. The second kappa shape index (κ2) is 8.92. The highest BCUT2D eigenvalue weighted by Gasteiger charge is 2.13. The highest BCUT2D eigenvalue weighted by molar-refractivity contribution is 5.86. The molecule has 0 fully saturated rings. The van der Waals surface area contributed by atoms with E-state index in [2.05, 4.69) is 9.97 Å². The first-order chi connectivity index (χ1) is 15.8. The molecule has 7 nitrogen and oxygen atoms in total. The smallest absolute Gasteiger partial charge is 0.271 e. The minimum atomic E-state index is -0.503. The molecular weight excluding hydrogens is 418 g/mol. The van der Waals surface area contributed by atoms with Gasteiger partial charge in [-0.3, -0.25) is 10.1 Å². The molecule has 0 unspecified atom stereocenters. The van der Waals surface area contributed by atoms with Crippen LogP contribution in [0.2, 0.25) is 0 Å². The maximum atomic E-state index is 11.2. The van der Waals surface area contributed by atoms with Crippen molar-refractivity contribution in [2.75, 3.05) is 0 Å². The van der Waals surface area contributed by atoms with Gasteiger partial charge in [0.2, 0.25) is 0 Å². The van der Waals surface area contributed by atoms with Crippen molar-refractivity contribution in [3.8, 4) is 0 Å². The Morgan fingerprint density at radius 3 is 1.67 bits per heavy atom. The zero-order valence-electron chi connectivity index (χ0n) is 18.1. The molecule has 4 aromatic rings. The average molecular weight is 439 g/mol. The number of nitro groups is 1. The van der Waals surface area contributed by atoms with Gasteiger partial charge in [-0.15, -0.1) is 0 Å². The fourth-order valence-corrected chi connectivity index (χ4v) is 3.27. The molecule has 2 N–H and O–H groups in total. The van der Waals surface area contributed by atoms with Gasteiger partial charge in [-0.05, 0) is 19.9 Å². The van der Waals surface area contributed by atoms with Gasteiger partial charge in [0.1, 0.15) is 11.5 Å². The van der Waals surface area contributed by atoms with Gasteiger partial charge < -0.3 is 10.2 Å². The van der Waals surface area contributed by atoms with Crippen LogP contribution in [-0.4, -0.2) is 25.1 Å². The van der Waals surface area contributed by atoms with Crippen LogP contribution in [0.1, 0.15) is 33.6 Å². The monoisotopic (exact) mass is 439 g/mol.